The summed E-state index contributed by atoms with van der Waals surface area (Å²) in [5.74, 6) is 0.715. The van der Waals surface area contributed by atoms with Gasteiger partial charge in [0.05, 0.1) is 25.8 Å². The zero-order valence-corrected chi connectivity index (χ0v) is 16.6. The van der Waals surface area contributed by atoms with Gasteiger partial charge in [0.25, 0.3) is 0 Å². The van der Waals surface area contributed by atoms with E-state index in [0.717, 1.165) is 48.1 Å². The highest BCUT2D eigenvalue weighted by Crippen LogP contribution is 2.43. The maximum absolute atomic E-state index is 12.9. The molecule has 0 spiro atoms. The molecule has 0 aromatic heterocycles. The summed E-state index contributed by atoms with van der Waals surface area (Å²) in [5.41, 5.74) is 3.14. The minimum absolute atomic E-state index is 0.0123. The third kappa shape index (κ3) is 3.49. The van der Waals surface area contributed by atoms with Gasteiger partial charge >= 0.3 is 0 Å². The first-order valence-corrected chi connectivity index (χ1v) is 10.2. The van der Waals surface area contributed by atoms with Gasteiger partial charge < -0.3 is 14.7 Å². The molecule has 1 amide bonds. The van der Waals surface area contributed by atoms with Crippen LogP contribution in [0.2, 0.25) is 0 Å². The number of ether oxygens (including phenoxy) is 1. The number of hydrogen-bond acceptors (Lipinski definition) is 4. The van der Waals surface area contributed by atoms with Crippen molar-refractivity contribution in [1.29, 1.82) is 5.26 Å². The quantitative estimate of drug-likeness (QED) is 0.844. The number of nitrogens with zero attached hydrogens (tertiary/aromatic N) is 2. The number of benzene rings is 2. The maximum Gasteiger partial charge on any atom is 0.227 e. The number of aliphatic hydroxyl groups excluding tert-OH is 1. The first kappa shape index (κ1) is 19.5. The Kier molecular flexibility index (Phi) is 5.55. The first-order chi connectivity index (χ1) is 14.2. The highest BCUT2D eigenvalue weighted by Gasteiger charge is 2.52. The average Bonchev–Trinajstić information content (AvgIpc) is 3.29. The predicted molar refractivity (Wildman–Crippen MR) is 110 cm³/mol. The second-order valence-electron chi connectivity index (χ2n) is 7.93. The molecular weight excluding hydrogens is 364 g/mol. The van der Waals surface area contributed by atoms with Crippen LogP contribution >= 0.6 is 0 Å². The van der Waals surface area contributed by atoms with Crippen molar-refractivity contribution in [2.75, 3.05) is 13.7 Å². The van der Waals surface area contributed by atoms with Crippen LogP contribution < -0.4 is 4.74 Å². The summed E-state index contributed by atoms with van der Waals surface area (Å²) >= 11 is 0. The van der Waals surface area contributed by atoms with Crippen LogP contribution in [0.3, 0.4) is 0 Å². The summed E-state index contributed by atoms with van der Waals surface area (Å²) in [4.78, 5) is 14.5. The molecule has 1 saturated heterocycles. The van der Waals surface area contributed by atoms with Crippen molar-refractivity contribution in [3.8, 4) is 22.9 Å². The van der Waals surface area contributed by atoms with E-state index in [4.69, 9.17) is 4.74 Å². The molecule has 0 unspecified atom stereocenters. The van der Waals surface area contributed by atoms with Gasteiger partial charge in [-0.1, -0.05) is 49.2 Å². The van der Waals surface area contributed by atoms with Crippen molar-refractivity contribution in [2.45, 2.75) is 43.7 Å². The van der Waals surface area contributed by atoms with Gasteiger partial charge in [-0.2, -0.15) is 5.26 Å². The fourth-order valence-corrected chi connectivity index (χ4v) is 4.78. The van der Waals surface area contributed by atoms with Crippen molar-refractivity contribution in [3.05, 3.63) is 54.1 Å². The lowest BCUT2D eigenvalue weighted by atomic mass is 9.74. The van der Waals surface area contributed by atoms with Crippen molar-refractivity contribution in [2.24, 2.45) is 5.92 Å². The van der Waals surface area contributed by atoms with Crippen LogP contribution in [0.15, 0.2) is 48.5 Å². The minimum Gasteiger partial charge on any atom is -0.497 e. The summed E-state index contributed by atoms with van der Waals surface area (Å²) in [6.07, 6.45) is 3.93. The van der Waals surface area contributed by atoms with Gasteiger partial charge in [-0.05, 0) is 41.7 Å². The SMILES string of the molecule is COc1ccc(-c2ccc([C@H]3[C@@H](C#N)N(C(=O)C4CCCC4)[C@@H]3CO)cc2)cc1. The smallest absolute Gasteiger partial charge is 0.227 e. The second-order valence-corrected chi connectivity index (χ2v) is 7.93. The fraction of sp³-hybridized carbons (Fsp3) is 0.417. The zero-order valence-electron chi connectivity index (χ0n) is 16.6. The molecule has 4 rings (SSSR count). The van der Waals surface area contributed by atoms with E-state index in [1.54, 1.807) is 12.0 Å². The maximum atomic E-state index is 12.9. The van der Waals surface area contributed by atoms with E-state index in [1.807, 2.05) is 48.5 Å². The van der Waals surface area contributed by atoms with E-state index in [0.29, 0.717) is 0 Å². The van der Waals surface area contributed by atoms with E-state index >= 15 is 0 Å². The highest BCUT2D eigenvalue weighted by atomic mass is 16.5. The van der Waals surface area contributed by atoms with Gasteiger partial charge in [-0.25, -0.2) is 0 Å². The second kappa shape index (κ2) is 8.26. The van der Waals surface area contributed by atoms with Gasteiger partial charge in [0.15, 0.2) is 0 Å². The number of hydrogen-bond donors (Lipinski definition) is 1. The standard InChI is InChI=1S/C24H26N2O3/c1-29-20-12-10-17(11-13-20)16-6-8-18(9-7-16)23-21(14-25)26(22(23)15-27)24(28)19-4-2-3-5-19/h6-13,19,21-23,27H,2-5,15H2,1H3/t21-,22-,23+/m1/s1. The topological polar surface area (TPSA) is 73.6 Å². The van der Waals surface area contributed by atoms with Crippen LogP contribution in [0, 0.1) is 17.2 Å². The highest BCUT2D eigenvalue weighted by molar-refractivity contribution is 5.82. The lowest BCUT2D eigenvalue weighted by Crippen LogP contribution is -2.66. The molecule has 2 aromatic rings. The van der Waals surface area contributed by atoms with Crippen molar-refractivity contribution in [3.63, 3.8) is 0 Å². The number of aliphatic hydroxyl groups is 1. The third-order valence-electron chi connectivity index (χ3n) is 6.41. The normalized spacial score (nSPS) is 24.0. The Hall–Kier alpha value is -2.84. The Labute approximate surface area is 171 Å². The molecule has 1 heterocycles. The Morgan fingerprint density at radius 1 is 1.10 bits per heavy atom. The van der Waals surface area contributed by atoms with E-state index in [1.165, 1.54) is 0 Å². The monoisotopic (exact) mass is 390 g/mol. The molecule has 1 N–H and O–H groups in total. The number of nitriles is 1. The van der Waals surface area contributed by atoms with E-state index in [9.17, 15) is 15.2 Å². The Balaban J connectivity index is 1.54. The zero-order chi connectivity index (χ0) is 20.4. The van der Waals surface area contributed by atoms with Crippen LogP contribution in [0.5, 0.6) is 5.75 Å². The molecule has 0 bridgehead atoms. The number of methoxy groups -OCH3 is 1. The van der Waals surface area contributed by atoms with Gasteiger partial charge in [-0.3, -0.25) is 4.79 Å². The molecule has 2 aliphatic rings. The predicted octanol–water partition coefficient (Wildman–Crippen LogP) is 3.73. The molecule has 0 radical (unpaired) electrons. The van der Waals surface area contributed by atoms with Crippen LogP contribution in [-0.2, 0) is 4.79 Å². The van der Waals surface area contributed by atoms with Gasteiger partial charge in [0.1, 0.15) is 11.8 Å². The van der Waals surface area contributed by atoms with Gasteiger partial charge in [-0.15, -0.1) is 0 Å². The third-order valence-corrected chi connectivity index (χ3v) is 6.41. The number of carbonyl (C=O) groups excluding carboxylic acids is 1. The summed E-state index contributed by atoms with van der Waals surface area (Å²) < 4.78 is 5.21. The van der Waals surface area contributed by atoms with Crippen molar-refractivity contribution >= 4 is 5.91 Å². The number of amides is 1. The minimum atomic E-state index is -0.507. The van der Waals surface area contributed by atoms with Crippen LogP contribution in [-0.4, -0.2) is 41.7 Å². The van der Waals surface area contributed by atoms with Crippen molar-refractivity contribution < 1.29 is 14.6 Å². The number of carbonyl (C=O) groups is 1. The molecule has 150 valence electrons. The average molecular weight is 390 g/mol. The van der Waals surface area contributed by atoms with E-state index in [-0.39, 0.29) is 30.4 Å². The first-order valence-electron chi connectivity index (χ1n) is 10.2. The molecule has 5 nitrogen and oxygen atoms in total. The molecule has 5 heteroatoms. The fourth-order valence-electron chi connectivity index (χ4n) is 4.78. The molecular formula is C24H26N2O3. The lowest BCUT2D eigenvalue weighted by molar-refractivity contribution is -0.151. The summed E-state index contributed by atoms with van der Waals surface area (Å²) in [6.45, 7) is -0.123. The van der Waals surface area contributed by atoms with Crippen LogP contribution in [0.1, 0.15) is 37.2 Å². The molecule has 3 atom stereocenters. The van der Waals surface area contributed by atoms with Gasteiger partial charge in [0.2, 0.25) is 5.91 Å². The molecule has 2 fully saturated rings. The Morgan fingerprint density at radius 2 is 1.69 bits per heavy atom. The van der Waals surface area contributed by atoms with Gasteiger partial charge in [0, 0.05) is 11.8 Å². The van der Waals surface area contributed by atoms with Crippen molar-refractivity contribution in [1.82, 2.24) is 4.90 Å². The number of rotatable bonds is 5. The largest absolute Gasteiger partial charge is 0.497 e. The summed E-state index contributed by atoms with van der Waals surface area (Å²) in [5, 5.41) is 19.7. The molecule has 1 saturated carbocycles. The van der Waals surface area contributed by atoms with Crippen LogP contribution in [0.25, 0.3) is 11.1 Å². The Bertz CT molecular complexity index is 895. The van der Waals surface area contributed by atoms with Crippen LogP contribution in [0.4, 0.5) is 0 Å². The summed E-state index contributed by atoms with van der Waals surface area (Å²) in [6, 6.07) is 17.4. The molecule has 29 heavy (non-hydrogen) atoms. The lowest BCUT2D eigenvalue weighted by Gasteiger charge is -2.52. The molecule has 2 aromatic carbocycles. The molecule has 1 aliphatic carbocycles. The van der Waals surface area contributed by atoms with E-state index in [2.05, 4.69) is 6.07 Å². The van der Waals surface area contributed by atoms with E-state index < -0.39 is 6.04 Å². The summed E-state index contributed by atoms with van der Waals surface area (Å²) in [7, 11) is 1.65. The Morgan fingerprint density at radius 3 is 2.21 bits per heavy atom. The molecule has 1 aliphatic heterocycles. The number of likely N-dealkylation sites (tertiary alicyclic amines) is 1.